The lowest BCUT2D eigenvalue weighted by molar-refractivity contribution is -0.116. The molecular formula is C18H15BrClN3OS. The third-order valence-corrected chi connectivity index (χ3v) is 5.51. The van der Waals surface area contributed by atoms with Gasteiger partial charge in [0.05, 0.1) is 15.9 Å². The number of halogens is 2. The van der Waals surface area contributed by atoms with Gasteiger partial charge >= 0.3 is 0 Å². The number of nitrogens with one attached hydrogen (secondary N) is 1. The molecule has 0 aliphatic rings. The number of anilines is 1. The molecule has 3 aromatic rings. The zero-order chi connectivity index (χ0) is 17.8. The first kappa shape index (κ1) is 18.0. The number of nitrogens with zero attached hydrogens (tertiary/aromatic N) is 2. The number of benzene rings is 2. The highest BCUT2D eigenvalue weighted by atomic mass is 79.9. The van der Waals surface area contributed by atoms with Crippen molar-refractivity contribution in [3.63, 3.8) is 0 Å². The van der Waals surface area contributed by atoms with Crippen LogP contribution in [-0.4, -0.2) is 15.7 Å². The Hall–Kier alpha value is -1.76. The molecule has 25 heavy (non-hydrogen) atoms. The molecule has 0 radical (unpaired) electrons. The fourth-order valence-electron chi connectivity index (χ4n) is 2.20. The maximum absolute atomic E-state index is 12.3. The van der Waals surface area contributed by atoms with Gasteiger partial charge in [-0.25, -0.2) is 0 Å². The summed E-state index contributed by atoms with van der Waals surface area (Å²) in [6.07, 6.45) is 1.79. The lowest BCUT2D eigenvalue weighted by Gasteiger charge is -2.11. The molecule has 0 saturated carbocycles. The summed E-state index contributed by atoms with van der Waals surface area (Å²) in [6.45, 7) is 2.04. The van der Waals surface area contributed by atoms with Gasteiger partial charge in [-0.2, -0.15) is 5.10 Å². The van der Waals surface area contributed by atoms with Gasteiger partial charge in [-0.1, -0.05) is 35.5 Å². The van der Waals surface area contributed by atoms with Crippen molar-refractivity contribution in [2.75, 3.05) is 5.32 Å². The number of rotatable bonds is 5. The van der Waals surface area contributed by atoms with Crippen LogP contribution in [0.25, 0.3) is 0 Å². The van der Waals surface area contributed by atoms with E-state index in [-0.39, 0.29) is 12.5 Å². The Kier molecular flexibility index (Phi) is 5.83. The SMILES string of the molecule is Cc1nn(CC(=O)Nc2ccccc2Sc2ccc(Cl)cc2)cc1Br. The molecule has 3 rings (SSSR count). The lowest BCUT2D eigenvalue weighted by Crippen LogP contribution is -2.19. The quantitative estimate of drug-likeness (QED) is 0.583. The van der Waals surface area contributed by atoms with E-state index >= 15 is 0 Å². The maximum Gasteiger partial charge on any atom is 0.246 e. The Bertz CT molecular complexity index is 876. The summed E-state index contributed by atoms with van der Waals surface area (Å²) in [4.78, 5) is 14.4. The van der Waals surface area contributed by atoms with Crippen molar-refractivity contribution in [3.8, 4) is 0 Å². The molecule has 0 aliphatic heterocycles. The highest BCUT2D eigenvalue weighted by Crippen LogP contribution is 2.33. The van der Waals surface area contributed by atoms with Gasteiger partial charge in [0.2, 0.25) is 5.91 Å². The van der Waals surface area contributed by atoms with E-state index < -0.39 is 0 Å². The van der Waals surface area contributed by atoms with E-state index in [0.717, 1.165) is 25.6 Å². The number of amides is 1. The summed E-state index contributed by atoms with van der Waals surface area (Å²) in [5, 5.41) is 7.94. The van der Waals surface area contributed by atoms with Crippen LogP contribution in [0.3, 0.4) is 0 Å². The van der Waals surface area contributed by atoms with Crippen LogP contribution in [0.1, 0.15) is 5.69 Å². The van der Waals surface area contributed by atoms with E-state index in [1.807, 2.05) is 55.5 Å². The van der Waals surface area contributed by atoms with E-state index in [0.29, 0.717) is 5.02 Å². The predicted octanol–water partition coefficient (Wildman–Crippen LogP) is 5.40. The highest BCUT2D eigenvalue weighted by Gasteiger charge is 2.10. The molecule has 0 atom stereocenters. The summed E-state index contributed by atoms with van der Waals surface area (Å²) < 4.78 is 2.50. The first-order valence-corrected chi connectivity index (χ1v) is 9.52. The van der Waals surface area contributed by atoms with Crippen molar-refractivity contribution >= 4 is 50.9 Å². The lowest BCUT2D eigenvalue weighted by atomic mass is 10.3. The first-order chi connectivity index (χ1) is 12.0. The van der Waals surface area contributed by atoms with Crippen LogP contribution in [0.5, 0.6) is 0 Å². The standard InChI is InChI=1S/C18H15BrClN3OS/c1-12-15(19)10-23(22-12)11-18(24)21-16-4-2-3-5-17(16)25-14-8-6-13(20)7-9-14/h2-10H,11H2,1H3,(H,21,24). The van der Waals surface area contributed by atoms with Crippen LogP contribution in [0.15, 0.2) is 69.0 Å². The Morgan fingerprint density at radius 2 is 1.96 bits per heavy atom. The summed E-state index contributed by atoms with van der Waals surface area (Å²) in [7, 11) is 0. The van der Waals surface area contributed by atoms with E-state index in [1.165, 1.54) is 0 Å². The van der Waals surface area contributed by atoms with Crippen LogP contribution in [-0.2, 0) is 11.3 Å². The molecule has 1 N–H and O–H groups in total. The minimum absolute atomic E-state index is 0.126. The Morgan fingerprint density at radius 1 is 1.24 bits per heavy atom. The van der Waals surface area contributed by atoms with Gasteiger partial charge < -0.3 is 5.32 Å². The highest BCUT2D eigenvalue weighted by molar-refractivity contribution is 9.10. The fraction of sp³-hybridized carbons (Fsp3) is 0.111. The summed E-state index contributed by atoms with van der Waals surface area (Å²) in [6, 6.07) is 15.3. The molecule has 1 amide bonds. The molecule has 2 aromatic carbocycles. The second kappa shape index (κ2) is 8.08. The van der Waals surface area contributed by atoms with Gasteiger partial charge in [-0.05, 0) is 59.3 Å². The molecule has 128 valence electrons. The average Bonchev–Trinajstić information content (AvgIpc) is 2.89. The van der Waals surface area contributed by atoms with Crippen LogP contribution in [0.4, 0.5) is 5.69 Å². The Labute approximate surface area is 163 Å². The van der Waals surface area contributed by atoms with Gasteiger partial charge in [-0.15, -0.1) is 0 Å². The zero-order valence-corrected chi connectivity index (χ0v) is 16.5. The Morgan fingerprint density at radius 3 is 2.64 bits per heavy atom. The topological polar surface area (TPSA) is 46.9 Å². The summed E-state index contributed by atoms with van der Waals surface area (Å²) >= 11 is 10.9. The first-order valence-electron chi connectivity index (χ1n) is 7.53. The van der Waals surface area contributed by atoms with Crippen LogP contribution < -0.4 is 5.32 Å². The number of aromatic nitrogens is 2. The molecule has 1 heterocycles. The van der Waals surface area contributed by atoms with Crippen LogP contribution in [0, 0.1) is 6.92 Å². The summed E-state index contributed by atoms with van der Waals surface area (Å²) in [5.74, 6) is -0.126. The monoisotopic (exact) mass is 435 g/mol. The summed E-state index contributed by atoms with van der Waals surface area (Å²) in [5.41, 5.74) is 1.63. The van der Waals surface area contributed by atoms with E-state index in [2.05, 4.69) is 26.3 Å². The van der Waals surface area contributed by atoms with Crippen molar-refractivity contribution in [2.45, 2.75) is 23.3 Å². The van der Waals surface area contributed by atoms with E-state index in [4.69, 9.17) is 11.6 Å². The number of aryl methyl sites for hydroxylation is 1. The number of hydrogen-bond acceptors (Lipinski definition) is 3. The molecule has 0 spiro atoms. The predicted molar refractivity (Wildman–Crippen MR) is 105 cm³/mol. The average molecular weight is 437 g/mol. The molecule has 1 aromatic heterocycles. The van der Waals surface area contributed by atoms with Crippen LogP contribution in [0.2, 0.25) is 5.02 Å². The smallest absolute Gasteiger partial charge is 0.246 e. The van der Waals surface area contributed by atoms with Gasteiger partial charge in [0.25, 0.3) is 0 Å². The van der Waals surface area contributed by atoms with Crippen molar-refractivity contribution < 1.29 is 4.79 Å². The van der Waals surface area contributed by atoms with E-state index in [1.54, 1.807) is 22.6 Å². The minimum atomic E-state index is -0.126. The number of hydrogen-bond donors (Lipinski definition) is 1. The molecule has 7 heteroatoms. The van der Waals surface area contributed by atoms with Gasteiger partial charge in [0.1, 0.15) is 6.54 Å². The molecule has 0 saturated heterocycles. The molecule has 0 unspecified atom stereocenters. The zero-order valence-electron chi connectivity index (χ0n) is 13.4. The molecule has 0 fully saturated rings. The molecular weight excluding hydrogens is 422 g/mol. The van der Waals surface area contributed by atoms with Crippen LogP contribution >= 0.6 is 39.3 Å². The van der Waals surface area contributed by atoms with Gasteiger partial charge in [0.15, 0.2) is 0 Å². The molecule has 0 bridgehead atoms. The van der Waals surface area contributed by atoms with Gasteiger partial charge in [-0.3, -0.25) is 9.48 Å². The number of carbonyl (C=O) groups is 1. The third-order valence-electron chi connectivity index (χ3n) is 3.39. The maximum atomic E-state index is 12.3. The van der Waals surface area contributed by atoms with Crippen molar-refractivity contribution in [1.29, 1.82) is 0 Å². The third kappa shape index (κ3) is 4.87. The van der Waals surface area contributed by atoms with Crippen molar-refractivity contribution in [1.82, 2.24) is 9.78 Å². The fourth-order valence-corrected chi connectivity index (χ4v) is 3.54. The number of para-hydroxylation sites is 1. The normalized spacial score (nSPS) is 10.7. The number of carbonyl (C=O) groups excluding carboxylic acids is 1. The second-order valence-electron chi connectivity index (χ2n) is 5.36. The molecule has 0 aliphatic carbocycles. The van der Waals surface area contributed by atoms with E-state index in [9.17, 15) is 4.79 Å². The van der Waals surface area contributed by atoms with Gasteiger partial charge in [0, 0.05) is 21.0 Å². The minimum Gasteiger partial charge on any atom is -0.323 e. The van der Waals surface area contributed by atoms with Crippen molar-refractivity contribution in [2.24, 2.45) is 0 Å². The van der Waals surface area contributed by atoms with Crippen molar-refractivity contribution in [3.05, 3.63) is 69.9 Å². The Balaban J connectivity index is 1.71. The molecule has 4 nitrogen and oxygen atoms in total. The largest absolute Gasteiger partial charge is 0.323 e. The second-order valence-corrected chi connectivity index (χ2v) is 7.77.